The Morgan fingerprint density at radius 1 is 0.403 bits per heavy atom. The first-order valence-electron chi connectivity index (χ1n) is 27.8. The molecule has 62 heavy (non-hydrogen) atoms. The summed E-state index contributed by atoms with van der Waals surface area (Å²) in [6.07, 6.45) is 67.7. The molecule has 0 fully saturated rings. The average Bonchev–Trinajstić information content (AvgIpc) is 3.27. The molecule has 4 N–H and O–H groups in total. The third kappa shape index (κ3) is 48.0. The molecule has 0 aliphatic heterocycles. The number of hydrogen-bond donors (Lipinski definition) is 4. The van der Waals surface area contributed by atoms with E-state index in [1.165, 1.54) is 231 Å². The topological polar surface area (TPSA) is 89.8 Å². The van der Waals surface area contributed by atoms with Crippen LogP contribution in [0.1, 0.15) is 296 Å². The van der Waals surface area contributed by atoms with Crippen LogP contribution in [0.4, 0.5) is 0 Å². The zero-order valence-electron chi connectivity index (χ0n) is 41.8. The fourth-order valence-corrected chi connectivity index (χ4v) is 8.67. The Labute approximate surface area is 387 Å². The first kappa shape index (κ1) is 60.6. The Balaban J connectivity index is 3.56. The summed E-state index contributed by atoms with van der Waals surface area (Å²) < 4.78 is 0. The van der Waals surface area contributed by atoms with Crippen LogP contribution in [0.5, 0.6) is 0 Å². The molecule has 5 nitrogen and oxygen atoms in total. The minimum atomic E-state index is -0.959. The van der Waals surface area contributed by atoms with Crippen molar-refractivity contribution in [2.45, 2.75) is 315 Å². The maximum atomic E-state index is 12.5. The minimum Gasteiger partial charge on any atom is -0.394 e. The zero-order chi connectivity index (χ0) is 45.1. The smallest absolute Gasteiger partial charge is 0.222 e. The number of aliphatic hydroxyl groups is 3. The maximum Gasteiger partial charge on any atom is 0.222 e. The molecule has 0 saturated carbocycles. The Morgan fingerprint density at radius 2 is 0.694 bits per heavy atom. The molecule has 0 aromatic carbocycles. The molecule has 0 saturated heterocycles. The normalized spacial score (nSPS) is 13.6. The summed E-state index contributed by atoms with van der Waals surface area (Å²) in [5, 5.41) is 33.4. The Kier molecular flexibility index (Phi) is 51.0. The van der Waals surface area contributed by atoms with Gasteiger partial charge in [-0.25, -0.2) is 0 Å². The second-order valence-corrected chi connectivity index (χ2v) is 19.2. The number of aliphatic hydroxyl groups excluding tert-OH is 3. The van der Waals surface area contributed by atoms with E-state index in [0.717, 1.165) is 38.5 Å². The van der Waals surface area contributed by atoms with Crippen molar-refractivity contribution < 1.29 is 20.1 Å². The van der Waals surface area contributed by atoms with E-state index in [-0.39, 0.29) is 18.9 Å². The highest BCUT2D eigenvalue weighted by Gasteiger charge is 2.20. The van der Waals surface area contributed by atoms with Gasteiger partial charge in [0.15, 0.2) is 0 Å². The highest BCUT2D eigenvalue weighted by Crippen LogP contribution is 2.17. The summed E-state index contributed by atoms with van der Waals surface area (Å²) >= 11 is 0. The van der Waals surface area contributed by atoms with Crippen LogP contribution in [-0.4, -0.2) is 46.1 Å². The summed E-state index contributed by atoms with van der Waals surface area (Å²) in [4.78, 5) is 12.5. The van der Waals surface area contributed by atoms with Crippen LogP contribution in [0.2, 0.25) is 0 Å². The molecule has 0 radical (unpaired) electrons. The number of amides is 1. The Bertz CT molecular complexity index is 962. The van der Waals surface area contributed by atoms with Gasteiger partial charge < -0.3 is 20.6 Å². The van der Waals surface area contributed by atoms with Crippen LogP contribution < -0.4 is 5.32 Å². The Morgan fingerprint density at radius 3 is 1.03 bits per heavy atom. The lowest BCUT2D eigenvalue weighted by atomic mass is 10.0. The number of carbonyl (C=O) groups is 1. The van der Waals surface area contributed by atoms with Crippen LogP contribution in [0.25, 0.3) is 0 Å². The van der Waals surface area contributed by atoms with Gasteiger partial charge in [0.25, 0.3) is 0 Å². The first-order valence-corrected chi connectivity index (χ1v) is 27.8. The number of nitrogens with one attached hydrogen (secondary N) is 1. The summed E-state index contributed by atoms with van der Waals surface area (Å²) in [6.45, 7) is 4.22. The summed E-state index contributed by atoms with van der Waals surface area (Å²) in [5.74, 6) is -0.325. The van der Waals surface area contributed by atoms with E-state index in [2.05, 4.69) is 43.5 Å². The van der Waals surface area contributed by atoms with E-state index in [9.17, 15) is 20.1 Å². The van der Waals surface area contributed by atoms with E-state index >= 15 is 0 Å². The van der Waals surface area contributed by atoms with Crippen molar-refractivity contribution in [3.63, 3.8) is 0 Å². The third-order valence-electron chi connectivity index (χ3n) is 12.9. The van der Waals surface area contributed by atoms with Gasteiger partial charge in [-0.3, -0.25) is 4.79 Å². The lowest BCUT2D eigenvalue weighted by Crippen LogP contribution is -2.45. The van der Waals surface area contributed by atoms with Crippen molar-refractivity contribution in [1.82, 2.24) is 5.32 Å². The van der Waals surface area contributed by atoms with E-state index in [1.54, 1.807) is 6.08 Å². The van der Waals surface area contributed by atoms with Gasteiger partial charge in [-0.1, -0.05) is 281 Å². The van der Waals surface area contributed by atoms with Gasteiger partial charge in [0.2, 0.25) is 5.91 Å². The van der Waals surface area contributed by atoms with Crippen molar-refractivity contribution in [2.24, 2.45) is 0 Å². The molecule has 0 spiro atoms. The van der Waals surface area contributed by atoms with Gasteiger partial charge in [-0.15, -0.1) is 0 Å². The van der Waals surface area contributed by atoms with E-state index < -0.39 is 18.2 Å². The maximum absolute atomic E-state index is 12.5. The van der Waals surface area contributed by atoms with Crippen molar-refractivity contribution in [1.29, 1.82) is 0 Å². The van der Waals surface area contributed by atoms with Crippen LogP contribution in [-0.2, 0) is 4.79 Å². The fraction of sp³-hybridized carbons (Fsp3) is 0.877. The molecule has 1 amide bonds. The van der Waals surface area contributed by atoms with Crippen molar-refractivity contribution >= 4 is 5.91 Å². The number of unbranched alkanes of at least 4 members (excludes halogenated alkanes) is 38. The zero-order valence-corrected chi connectivity index (χ0v) is 41.8. The number of rotatable bonds is 51. The molecule has 0 aromatic rings. The molecule has 3 unspecified atom stereocenters. The van der Waals surface area contributed by atoms with Crippen LogP contribution >= 0.6 is 0 Å². The molecule has 0 bridgehead atoms. The number of carbonyl (C=O) groups excluding carboxylic acids is 1. The van der Waals surface area contributed by atoms with Gasteiger partial charge >= 0.3 is 0 Å². The predicted octanol–water partition coefficient (Wildman–Crippen LogP) is 17.1. The molecule has 3 atom stereocenters. The summed E-state index contributed by atoms with van der Waals surface area (Å²) in [6, 6.07) is -0.766. The van der Waals surface area contributed by atoms with Crippen LogP contribution in [0.15, 0.2) is 36.5 Å². The van der Waals surface area contributed by atoms with Gasteiger partial charge in [0, 0.05) is 0 Å². The molecule has 366 valence electrons. The molecule has 0 heterocycles. The highest BCUT2D eigenvalue weighted by molar-refractivity contribution is 5.76. The second-order valence-electron chi connectivity index (χ2n) is 19.2. The molecule has 0 aromatic heterocycles. The molecule has 0 aliphatic rings. The standard InChI is InChI=1S/C57H109NO4/c1-3-5-7-9-11-13-15-17-19-21-23-24-25-26-27-28-29-30-31-32-33-34-36-38-40-42-44-46-48-50-54(60)52-57(62)58-55(53-59)56(61)51-49-47-45-43-41-39-37-35-22-20-18-16-14-12-10-8-6-4-2/h22,35,41,43,49,51,54-56,59-61H,3-21,23-34,36-40,42,44-48,50,52-53H2,1-2H3,(H,58,62)/b35-22+,43-41+,51-49+. The monoisotopic (exact) mass is 872 g/mol. The average molecular weight is 873 g/mol. The van der Waals surface area contributed by atoms with Gasteiger partial charge in [-0.05, 0) is 44.9 Å². The molecule has 0 aliphatic carbocycles. The van der Waals surface area contributed by atoms with Crippen molar-refractivity contribution in [3.8, 4) is 0 Å². The van der Waals surface area contributed by atoms with E-state index in [0.29, 0.717) is 6.42 Å². The van der Waals surface area contributed by atoms with Gasteiger partial charge in [0.1, 0.15) is 0 Å². The first-order chi connectivity index (χ1) is 30.5. The molecule has 5 heteroatoms. The van der Waals surface area contributed by atoms with E-state index in [4.69, 9.17) is 0 Å². The fourth-order valence-electron chi connectivity index (χ4n) is 8.67. The van der Waals surface area contributed by atoms with Crippen molar-refractivity contribution in [2.75, 3.05) is 6.61 Å². The summed E-state index contributed by atoms with van der Waals surface area (Å²) in [5.41, 5.74) is 0. The highest BCUT2D eigenvalue weighted by atomic mass is 16.3. The SMILES string of the molecule is CCCCCCCCCC/C=C/CC/C=C/CC/C=C/C(O)C(CO)NC(=O)CC(O)CCCCCCCCCCCCCCCCCCCCCCCCCCCCCCC. The minimum absolute atomic E-state index is 0.00560. The van der Waals surface area contributed by atoms with Crippen LogP contribution in [0, 0.1) is 0 Å². The number of hydrogen-bond acceptors (Lipinski definition) is 4. The number of allylic oxidation sites excluding steroid dienone is 5. The van der Waals surface area contributed by atoms with Crippen LogP contribution in [0.3, 0.4) is 0 Å². The van der Waals surface area contributed by atoms with Gasteiger partial charge in [0.05, 0.1) is 31.3 Å². The van der Waals surface area contributed by atoms with Crippen molar-refractivity contribution in [3.05, 3.63) is 36.5 Å². The lowest BCUT2D eigenvalue weighted by molar-refractivity contribution is -0.124. The quantitative estimate of drug-likeness (QED) is 0.0362. The van der Waals surface area contributed by atoms with Gasteiger partial charge in [-0.2, -0.15) is 0 Å². The summed E-state index contributed by atoms with van der Waals surface area (Å²) in [7, 11) is 0. The second kappa shape index (κ2) is 52.2. The molecule has 0 rings (SSSR count). The van der Waals surface area contributed by atoms with E-state index in [1.807, 2.05) is 6.08 Å². The largest absolute Gasteiger partial charge is 0.394 e. The Hall–Kier alpha value is -1.43. The third-order valence-corrected chi connectivity index (χ3v) is 12.9. The molecular weight excluding hydrogens is 763 g/mol. The molecular formula is C57H109NO4. The predicted molar refractivity (Wildman–Crippen MR) is 273 cm³/mol. The lowest BCUT2D eigenvalue weighted by Gasteiger charge is -2.21.